The quantitative estimate of drug-likeness (QED) is 0.578. The molecule has 1 aliphatic rings. The molecule has 0 amide bonds. The number of carboxylic acid groups (broad SMARTS) is 1. The van der Waals surface area contributed by atoms with E-state index in [1.165, 1.54) is 0 Å². The Morgan fingerprint density at radius 3 is 2.40 bits per heavy atom. The molecule has 0 aliphatic carbocycles. The number of carbonyl (C=O) groups is 1. The van der Waals surface area contributed by atoms with Gasteiger partial charge in [-0.1, -0.05) is 6.92 Å². The Labute approximate surface area is 58.7 Å². The van der Waals surface area contributed by atoms with Crippen molar-refractivity contribution in [2.45, 2.75) is 32.0 Å². The van der Waals surface area contributed by atoms with Gasteiger partial charge in [-0.25, -0.2) is 14.6 Å². The summed E-state index contributed by atoms with van der Waals surface area (Å²) in [6.45, 7) is 3.44. The molecule has 2 atom stereocenters. The van der Waals surface area contributed by atoms with Crippen LogP contribution in [-0.4, -0.2) is 22.8 Å². The lowest BCUT2D eigenvalue weighted by Crippen LogP contribution is -2.59. The monoisotopic (exact) mass is 146 g/mol. The van der Waals surface area contributed by atoms with Gasteiger partial charge in [0.2, 0.25) is 5.60 Å². The fourth-order valence-corrected chi connectivity index (χ4v) is 0.968. The van der Waals surface area contributed by atoms with Gasteiger partial charge in [0.15, 0.2) is 0 Å². The van der Waals surface area contributed by atoms with Crippen molar-refractivity contribution in [1.29, 1.82) is 0 Å². The van der Waals surface area contributed by atoms with Crippen molar-refractivity contribution in [3.05, 3.63) is 0 Å². The van der Waals surface area contributed by atoms with Crippen LogP contribution in [0, 0.1) is 0 Å². The van der Waals surface area contributed by atoms with Crippen molar-refractivity contribution in [2.24, 2.45) is 0 Å². The first kappa shape index (κ1) is 7.50. The zero-order chi connectivity index (χ0) is 7.78. The molecule has 1 fully saturated rings. The maximum absolute atomic E-state index is 10.5. The fraction of sp³-hybridized carbons (Fsp3) is 0.833. The third-order valence-electron chi connectivity index (χ3n) is 1.89. The summed E-state index contributed by atoms with van der Waals surface area (Å²) >= 11 is 0. The number of carboxylic acids is 1. The fourth-order valence-electron chi connectivity index (χ4n) is 0.968. The van der Waals surface area contributed by atoms with Crippen LogP contribution in [0.3, 0.4) is 0 Å². The first-order chi connectivity index (χ1) is 4.63. The molecule has 58 valence electrons. The summed E-state index contributed by atoms with van der Waals surface area (Å²) in [6, 6.07) is 0. The molecule has 4 heteroatoms. The molecule has 0 aromatic rings. The average Bonchev–Trinajstić information content (AvgIpc) is 1.86. The lowest BCUT2D eigenvalue weighted by atomic mass is 9.93. The molecule has 0 spiro atoms. The van der Waals surface area contributed by atoms with E-state index < -0.39 is 11.6 Å². The summed E-state index contributed by atoms with van der Waals surface area (Å²) in [6.07, 6.45) is 0.0961. The first-order valence-corrected chi connectivity index (χ1v) is 3.21. The van der Waals surface area contributed by atoms with Gasteiger partial charge in [-0.05, 0) is 13.3 Å². The molecule has 0 saturated carbocycles. The highest BCUT2D eigenvalue weighted by Crippen LogP contribution is 2.33. The maximum atomic E-state index is 10.5. The van der Waals surface area contributed by atoms with Crippen molar-refractivity contribution in [3.8, 4) is 0 Å². The molecule has 1 saturated heterocycles. The van der Waals surface area contributed by atoms with Crippen molar-refractivity contribution >= 4 is 5.97 Å². The lowest BCUT2D eigenvalue weighted by molar-refractivity contribution is -0.492. The topological polar surface area (TPSA) is 55.8 Å². The van der Waals surface area contributed by atoms with E-state index in [4.69, 9.17) is 5.11 Å². The number of rotatable bonds is 2. The summed E-state index contributed by atoms with van der Waals surface area (Å²) in [5.74, 6) is -0.950. The van der Waals surface area contributed by atoms with Gasteiger partial charge in [0.1, 0.15) is 6.10 Å². The van der Waals surface area contributed by atoms with Crippen LogP contribution in [0.5, 0.6) is 0 Å². The highest BCUT2D eigenvalue weighted by molar-refractivity contribution is 5.78. The molecule has 1 aliphatic heterocycles. The molecule has 1 heterocycles. The van der Waals surface area contributed by atoms with Crippen LogP contribution in [0.25, 0.3) is 0 Å². The third kappa shape index (κ3) is 0.726. The van der Waals surface area contributed by atoms with Crippen molar-refractivity contribution in [3.63, 3.8) is 0 Å². The van der Waals surface area contributed by atoms with Gasteiger partial charge in [-0.15, -0.1) is 0 Å². The Morgan fingerprint density at radius 1 is 1.80 bits per heavy atom. The van der Waals surface area contributed by atoms with E-state index in [1.54, 1.807) is 13.8 Å². The van der Waals surface area contributed by atoms with E-state index in [0.29, 0.717) is 6.42 Å². The Balaban J connectivity index is 2.69. The first-order valence-electron chi connectivity index (χ1n) is 3.21. The molecule has 0 radical (unpaired) electrons. The van der Waals surface area contributed by atoms with E-state index in [0.717, 1.165) is 0 Å². The minimum Gasteiger partial charge on any atom is -0.479 e. The van der Waals surface area contributed by atoms with E-state index in [9.17, 15) is 4.79 Å². The zero-order valence-electron chi connectivity index (χ0n) is 5.96. The minimum absolute atomic E-state index is 0.338. The van der Waals surface area contributed by atoms with Crippen molar-refractivity contribution < 1.29 is 19.7 Å². The Morgan fingerprint density at radius 2 is 2.40 bits per heavy atom. The SMILES string of the molecule is CCC1(C(=O)O)OOC1C. The zero-order valence-corrected chi connectivity index (χ0v) is 5.96. The van der Waals surface area contributed by atoms with Crippen LogP contribution in [0.15, 0.2) is 0 Å². The third-order valence-corrected chi connectivity index (χ3v) is 1.89. The Bertz CT molecular complexity index is 152. The standard InChI is InChI=1S/C6H10O4/c1-3-6(5(7)8)4(2)9-10-6/h4H,3H2,1-2H3,(H,7,8). The highest BCUT2D eigenvalue weighted by atomic mass is 17.3. The van der Waals surface area contributed by atoms with Gasteiger partial charge in [0.25, 0.3) is 0 Å². The van der Waals surface area contributed by atoms with Crippen LogP contribution in [0.2, 0.25) is 0 Å². The molecule has 10 heavy (non-hydrogen) atoms. The largest absolute Gasteiger partial charge is 0.479 e. The summed E-state index contributed by atoms with van der Waals surface area (Å²) in [5, 5.41) is 8.65. The molecular weight excluding hydrogens is 136 g/mol. The summed E-state index contributed by atoms with van der Waals surface area (Å²) in [4.78, 5) is 19.6. The van der Waals surface area contributed by atoms with Gasteiger partial charge in [-0.3, -0.25) is 0 Å². The van der Waals surface area contributed by atoms with E-state index in [1.807, 2.05) is 0 Å². The van der Waals surface area contributed by atoms with E-state index in [-0.39, 0.29) is 6.10 Å². The molecule has 0 bridgehead atoms. The van der Waals surface area contributed by atoms with Crippen molar-refractivity contribution in [1.82, 2.24) is 0 Å². The van der Waals surface area contributed by atoms with Gasteiger partial charge in [0, 0.05) is 0 Å². The highest BCUT2D eigenvalue weighted by Gasteiger charge is 2.54. The predicted molar refractivity (Wildman–Crippen MR) is 32.3 cm³/mol. The summed E-state index contributed by atoms with van der Waals surface area (Å²) in [7, 11) is 0. The lowest BCUT2D eigenvalue weighted by Gasteiger charge is -2.40. The van der Waals surface area contributed by atoms with Crippen molar-refractivity contribution in [2.75, 3.05) is 0 Å². The Hall–Kier alpha value is -0.610. The molecular formula is C6H10O4. The molecule has 1 N–H and O–H groups in total. The van der Waals surface area contributed by atoms with Crippen LogP contribution < -0.4 is 0 Å². The second kappa shape index (κ2) is 2.21. The molecule has 1 rings (SSSR count). The van der Waals surface area contributed by atoms with Crippen LogP contribution in [0.4, 0.5) is 0 Å². The predicted octanol–water partition coefficient (Wildman–Crippen LogP) is 0.570. The minimum atomic E-state index is -1.08. The smallest absolute Gasteiger partial charge is 0.342 e. The Kier molecular flexibility index (Phi) is 1.66. The normalized spacial score (nSPS) is 38.8. The second-order valence-corrected chi connectivity index (χ2v) is 2.37. The average molecular weight is 146 g/mol. The maximum Gasteiger partial charge on any atom is 0.342 e. The summed E-state index contributed by atoms with van der Waals surface area (Å²) in [5.41, 5.74) is -1.08. The van der Waals surface area contributed by atoms with Crippen LogP contribution in [0.1, 0.15) is 20.3 Å². The summed E-state index contributed by atoms with van der Waals surface area (Å²) < 4.78 is 0. The second-order valence-electron chi connectivity index (χ2n) is 2.37. The molecule has 0 aromatic heterocycles. The molecule has 4 nitrogen and oxygen atoms in total. The van der Waals surface area contributed by atoms with Gasteiger partial charge in [-0.2, -0.15) is 0 Å². The number of aliphatic carboxylic acids is 1. The molecule has 0 aromatic carbocycles. The van der Waals surface area contributed by atoms with Gasteiger partial charge >= 0.3 is 5.97 Å². The molecule has 2 unspecified atom stereocenters. The van der Waals surface area contributed by atoms with Gasteiger partial charge < -0.3 is 5.11 Å². The number of hydrogen-bond donors (Lipinski definition) is 1. The number of hydrogen-bond acceptors (Lipinski definition) is 3. The van der Waals surface area contributed by atoms with E-state index in [2.05, 4.69) is 9.78 Å². The van der Waals surface area contributed by atoms with Crippen LogP contribution >= 0.6 is 0 Å². The van der Waals surface area contributed by atoms with Gasteiger partial charge in [0.05, 0.1) is 0 Å². The van der Waals surface area contributed by atoms with E-state index >= 15 is 0 Å². The van der Waals surface area contributed by atoms with Crippen LogP contribution in [-0.2, 0) is 14.6 Å².